The highest BCUT2D eigenvalue weighted by Gasteiger charge is 2.44. The lowest BCUT2D eigenvalue weighted by atomic mass is 10.2. The zero-order valence-electron chi connectivity index (χ0n) is 13.9. The SMILES string of the molecule is Cc1nnc2c(N3CC4CC3CN4Cc3cncc(Br)c3)nccn12. The fraction of sp³-hybridized carbons (Fsp3) is 0.412. The molecule has 0 saturated carbocycles. The van der Waals surface area contributed by atoms with Crippen molar-refractivity contribution < 1.29 is 0 Å². The number of halogens is 1. The van der Waals surface area contributed by atoms with Gasteiger partial charge >= 0.3 is 0 Å². The van der Waals surface area contributed by atoms with Crippen molar-refractivity contribution in [2.24, 2.45) is 0 Å². The van der Waals surface area contributed by atoms with Gasteiger partial charge < -0.3 is 4.90 Å². The van der Waals surface area contributed by atoms with E-state index in [1.165, 1.54) is 12.0 Å². The normalized spacial score (nSPS) is 23.0. The second-order valence-corrected chi connectivity index (χ2v) is 7.74. The molecule has 2 atom stereocenters. The first kappa shape index (κ1) is 15.2. The number of rotatable bonds is 3. The van der Waals surface area contributed by atoms with Gasteiger partial charge in [0.05, 0.1) is 0 Å². The molecule has 2 aliphatic heterocycles. The summed E-state index contributed by atoms with van der Waals surface area (Å²) in [6.45, 7) is 4.95. The van der Waals surface area contributed by atoms with Gasteiger partial charge in [0.15, 0.2) is 5.82 Å². The molecule has 3 aromatic rings. The van der Waals surface area contributed by atoms with Crippen LogP contribution in [0.2, 0.25) is 0 Å². The van der Waals surface area contributed by atoms with Gasteiger partial charge in [-0.2, -0.15) is 0 Å². The minimum absolute atomic E-state index is 0.487. The summed E-state index contributed by atoms with van der Waals surface area (Å²) in [6, 6.07) is 3.19. The number of hydrogen-bond acceptors (Lipinski definition) is 6. The second kappa shape index (κ2) is 5.74. The average molecular weight is 400 g/mol. The number of piperazine rings is 1. The van der Waals surface area contributed by atoms with Crippen molar-refractivity contribution in [1.82, 2.24) is 29.5 Å². The number of fused-ring (bicyclic) bond motifs is 3. The summed E-state index contributed by atoms with van der Waals surface area (Å²) in [4.78, 5) is 13.8. The molecule has 128 valence electrons. The quantitative estimate of drug-likeness (QED) is 0.671. The van der Waals surface area contributed by atoms with Crippen LogP contribution in [0.4, 0.5) is 5.82 Å². The number of likely N-dealkylation sites (tertiary alicyclic amines) is 1. The molecular weight excluding hydrogens is 382 g/mol. The molecule has 0 spiro atoms. The average Bonchev–Trinajstić information content (AvgIpc) is 3.29. The van der Waals surface area contributed by atoms with Crippen LogP contribution in [0.5, 0.6) is 0 Å². The van der Waals surface area contributed by atoms with Gasteiger partial charge in [-0.3, -0.25) is 14.3 Å². The Hall–Kier alpha value is -2.06. The van der Waals surface area contributed by atoms with Gasteiger partial charge in [-0.15, -0.1) is 10.2 Å². The van der Waals surface area contributed by atoms with Crippen molar-refractivity contribution in [3.8, 4) is 0 Å². The molecule has 8 heteroatoms. The summed E-state index contributed by atoms with van der Waals surface area (Å²) in [5.74, 6) is 1.85. The molecule has 3 aromatic heterocycles. The highest BCUT2D eigenvalue weighted by Crippen LogP contribution is 2.35. The van der Waals surface area contributed by atoms with Crippen LogP contribution < -0.4 is 4.90 Å². The molecule has 0 aliphatic carbocycles. The molecule has 25 heavy (non-hydrogen) atoms. The minimum atomic E-state index is 0.487. The number of aromatic nitrogens is 5. The number of aryl methyl sites for hydroxylation is 1. The van der Waals surface area contributed by atoms with Crippen LogP contribution in [0.15, 0.2) is 35.3 Å². The molecule has 2 bridgehead atoms. The molecule has 7 nitrogen and oxygen atoms in total. The van der Waals surface area contributed by atoms with Gasteiger partial charge in [-0.05, 0) is 40.9 Å². The maximum Gasteiger partial charge on any atom is 0.203 e. The number of pyridine rings is 1. The molecule has 2 aliphatic rings. The van der Waals surface area contributed by atoms with Gasteiger partial charge in [0, 0.05) is 61.0 Å². The zero-order chi connectivity index (χ0) is 17.0. The van der Waals surface area contributed by atoms with Gasteiger partial charge in [0.25, 0.3) is 0 Å². The number of nitrogens with zero attached hydrogens (tertiary/aromatic N) is 7. The molecule has 2 unspecified atom stereocenters. The predicted molar refractivity (Wildman–Crippen MR) is 97.4 cm³/mol. The smallest absolute Gasteiger partial charge is 0.203 e. The first-order chi connectivity index (χ1) is 12.2. The molecule has 0 radical (unpaired) electrons. The highest BCUT2D eigenvalue weighted by molar-refractivity contribution is 9.10. The van der Waals surface area contributed by atoms with Crippen LogP contribution >= 0.6 is 15.9 Å². The summed E-state index contributed by atoms with van der Waals surface area (Å²) >= 11 is 3.50. The first-order valence-electron chi connectivity index (χ1n) is 8.45. The van der Waals surface area contributed by atoms with Crippen molar-refractivity contribution >= 4 is 27.4 Å². The van der Waals surface area contributed by atoms with E-state index < -0.39 is 0 Å². The molecule has 5 rings (SSSR count). The molecule has 0 N–H and O–H groups in total. The van der Waals surface area contributed by atoms with E-state index in [0.29, 0.717) is 12.1 Å². The maximum absolute atomic E-state index is 4.61. The summed E-state index contributed by atoms with van der Waals surface area (Å²) in [5.41, 5.74) is 2.11. The third kappa shape index (κ3) is 2.51. The predicted octanol–water partition coefficient (Wildman–Crippen LogP) is 2.05. The van der Waals surface area contributed by atoms with E-state index in [1.807, 2.05) is 36.1 Å². The van der Waals surface area contributed by atoms with Crippen LogP contribution in [0, 0.1) is 6.92 Å². The summed E-state index contributed by atoms with van der Waals surface area (Å²) < 4.78 is 3.05. The molecule has 0 amide bonds. The van der Waals surface area contributed by atoms with E-state index in [9.17, 15) is 0 Å². The second-order valence-electron chi connectivity index (χ2n) is 6.83. The Morgan fingerprint density at radius 1 is 1.20 bits per heavy atom. The summed E-state index contributed by atoms with van der Waals surface area (Å²) in [6.07, 6.45) is 8.73. The molecule has 0 aromatic carbocycles. The van der Waals surface area contributed by atoms with E-state index in [1.54, 1.807) is 0 Å². The van der Waals surface area contributed by atoms with Crippen LogP contribution in [-0.2, 0) is 6.54 Å². The van der Waals surface area contributed by atoms with E-state index in [2.05, 4.69) is 52.0 Å². The number of anilines is 1. The largest absolute Gasteiger partial charge is 0.348 e. The Labute approximate surface area is 153 Å². The Morgan fingerprint density at radius 3 is 2.92 bits per heavy atom. The first-order valence-corrected chi connectivity index (χ1v) is 9.25. The van der Waals surface area contributed by atoms with Gasteiger partial charge in [-0.1, -0.05) is 0 Å². The van der Waals surface area contributed by atoms with Crippen molar-refractivity contribution in [3.63, 3.8) is 0 Å². The van der Waals surface area contributed by atoms with E-state index in [4.69, 9.17) is 0 Å². The van der Waals surface area contributed by atoms with Crippen molar-refractivity contribution in [2.45, 2.75) is 32.0 Å². The van der Waals surface area contributed by atoms with E-state index in [-0.39, 0.29) is 0 Å². The summed E-state index contributed by atoms with van der Waals surface area (Å²) in [7, 11) is 0. The van der Waals surface area contributed by atoms with Crippen LogP contribution in [-0.4, -0.2) is 54.6 Å². The Morgan fingerprint density at radius 2 is 2.12 bits per heavy atom. The summed E-state index contributed by atoms with van der Waals surface area (Å²) in [5, 5.41) is 8.52. The standard InChI is InChI=1S/C17H18BrN7/c1-11-21-22-17-16(20-2-3-24(11)17)25-10-14-5-15(25)9-23(14)8-12-4-13(18)7-19-6-12/h2-4,6-7,14-15H,5,8-10H2,1H3. The third-order valence-electron chi connectivity index (χ3n) is 5.25. The van der Waals surface area contributed by atoms with E-state index in [0.717, 1.165) is 41.4 Å². The molecular formula is C17H18BrN7. The van der Waals surface area contributed by atoms with Crippen molar-refractivity contribution in [2.75, 3.05) is 18.0 Å². The van der Waals surface area contributed by atoms with Gasteiger partial charge in [-0.25, -0.2) is 4.98 Å². The lowest BCUT2D eigenvalue weighted by Gasteiger charge is -2.34. The fourth-order valence-electron chi connectivity index (χ4n) is 4.11. The van der Waals surface area contributed by atoms with Crippen LogP contribution in [0.25, 0.3) is 5.65 Å². The molecule has 5 heterocycles. The lowest BCUT2D eigenvalue weighted by molar-refractivity contribution is 0.230. The number of hydrogen-bond donors (Lipinski definition) is 0. The molecule has 2 saturated heterocycles. The Bertz CT molecular complexity index is 940. The van der Waals surface area contributed by atoms with Crippen LogP contribution in [0.3, 0.4) is 0 Å². The topological polar surface area (TPSA) is 62.5 Å². The maximum atomic E-state index is 4.61. The highest BCUT2D eigenvalue weighted by atomic mass is 79.9. The van der Waals surface area contributed by atoms with Crippen LogP contribution in [0.1, 0.15) is 17.8 Å². The molecule has 2 fully saturated rings. The third-order valence-corrected chi connectivity index (χ3v) is 5.69. The fourth-order valence-corrected chi connectivity index (χ4v) is 4.52. The minimum Gasteiger partial charge on any atom is -0.348 e. The van der Waals surface area contributed by atoms with Gasteiger partial charge in [0.2, 0.25) is 5.65 Å². The van der Waals surface area contributed by atoms with Gasteiger partial charge in [0.1, 0.15) is 5.82 Å². The zero-order valence-corrected chi connectivity index (χ0v) is 15.5. The van der Waals surface area contributed by atoms with Crippen molar-refractivity contribution in [1.29, 1.82) is 0 Å². The monoisotopic (exact) mass is 399 g/mol. The lowest BCUT2D eigenvalue weighted by Crippen LogP contribution is -2.46. The van der Waals surface area contributed by atoms with Crippen molar-refractivity contribution in [3.05, 3.63) is 46.7 Å². The Balaban J connectivity index is 1.37. The van der Waals surface area contributed by atoms with E-state index >= 15 is 0 Å². The Kier molecular flexibility index (Phi) is 3.49.